The van der Waals surface area contributed by atoms with E-state index in [-0.39, 0.29) is 17.0 Å². The first-order chi connectivity index (χ1) is 11.9. The van der Waals surface area contributed by atoms with Crippen molar-refractivity contribution in [2.75, 3.05) is 25.5 Å². The summed E-state index contributed by atoms with van der Waals surface area (Å²) in [6.07, 6.45) is 2.07. The fourth-order valence-corrected chi connectivity index (χ4v) is 3.06. The van der Waals surface area contributed by atoms with Gasteiger partial charge in [-0.3, -0.25) is 14.9 Å². The standard InChI is InChI=1S/C19H21N3O3/c1-21(2)17-9-8-15(22(24)25)12-16(17)18(23)20-13-19(10-11-19)14-6-4-3-5-7-14/h3-9,12H,10-11,13H2,1-2H3,(H,20,23). The van der Waals surface area contributed by atoms with Crippen LogP contribution in [0.1, 0.15) is 28.8 Å². The third kappa shape index (κ3) is 3.47. The van der Waals surface area contributed by atoms with Gasteiger partial charge in [0.2, 0.25) is 0 Å². The maximum atomic E-state index is 12.7. The van der Waals surface area contributed by atoms with Crippen LogP contribution in [0.4, 0.5) is 11.4 Å². The van der Waals surface area contributed by atoms with Gasteiger partial charge in [0, 0.05) is 43.9 Å². The number of carbonyl (C=O) groups is 1. The second-order valence-corrected chi connectivity index (χ2v) is 6.68. The van der Waals surface area contributed by atoms with Crippen molar-refractivity contribution in [3.8, 4) is 0 Å². The van der Waals surface area contributed by atoms with E-state index in [4.69, 9.17) is 0 Å². The molecule has 25 heavy (non-hydrogen) atoms. The first kappa shape index (κ1) is 17.0. The van der Waals surface area contributed by atoms with Crippen molar-refractivity contribution in [1.82, 2.24) is 5.32 Å². The predicted molar refractivity (Wildman–Crippen MR) is 97.1 cm³/mol. The van der Waals surface area contributed by atoms with E-state index < -0.39 is 4.92 Å². The summed E-state index contributed by atoms with van der Waals surface area (Å²) in [4.78, 5) is 25.0. The number of benzene rings is 2. The fraction of sp³-hybridized carbons (Fsp3) is 0.316. The highest BCUT2D eigenvalue weighted by Gasteiger charge is 2.44. The Bertz CT molecular complexity index is 799. The molecule has 1 aliphatic carbocycles. The van der Waals surface area contributed by atoms with Crippen molar-refractivity contribution >= 4 is 17.3 Å². The number of nitro groups is 1. The van der Waals surface area contributed by atoms with Gasteiger partial charge in [0.05, 0.1) is 10.5 Å². The second-order valence-electron chi connectivity index (χ2n) is 6.68. The van der Waals surface area contributed by atoms with E-state index in [2.05, 4.69) is 17.4 Å². The number of nitro benzene ring substituents is 1. The molecule has 3 rings (SSSR count). The molecular weight excluding hydrogens is 318 g/mol. The average molecular weight is 339 g/mol. The molecule has 0 atom stereocenters. The van der Waals surface area contributed by atoms with Gasteiger partial charge in [-0.15, -0.1) is 0 Å². The van der Waals surface area contributed by atoms with Gasteiger partial charge in [0.15, 0.2) is 0 Å². The molecule has 0 radical (unpaired) electrons. The maximum Gasteiger partial charge on any atom is 0.270 e. The lowest BCUT2D eigenvalue weighted by Gasteiger charge is -2.19. The van der Waals surface area contributed by atoms with E-state index in [0.717, 1.165) is 12.8 Å². The first-order valence-electron chi connectivity index (χ1n) is 8.22. The summed E-state index contributed by atoms with van der Waals surface area (Å²) in [6.45, 7) is 0.533. The molecule has 0 bridgehead atoms. The van der Waals surface area contributed by atoms with Crippen LogP contribution in [0.3, 0.4) is 0 Å². The van der Waals surface area contributed by atoms with Gasteiger partial charge in [-0.05, 0) is 24.5 Å². The van der Waals surface area contributed by atoms with Crippen LogP contribution in [-0.2, 0) is 5.41 Å². The third-order valence-corrected chi connectivity index (χ3v) is 4.74. The molecule has 0 aromatic heterocycles. The normalized spacial score (nSPS) is 14.6. The monoisotopic (exact) mass is 339 g/mol. The van der Waals surface area contributed by atoms with Crippen molar-refractivity contribution in [2.45, 2.75) is 18.3 Å². The van der Waals surface area contributed by atoms with Crippen molar-refractivity contribution in [3.63, 3.8) is 0 Å². The number of hydrogen-bond acceptors (Lipinski definition) is 4. The highest BCUT2D eigenvalue weighted by Crippen LogP contribution is 2.47. The van der Waals surface area contributed by atoms with Crippen LogP contribution in [0.15, 0.2) is 48.5 Å². The summed E-state index contributed by atoms with van der Waals surface area (Å²) >= 11 is 0. The lowest BCUT2D eigenvalue weighted by Crippen LogP contribution is -2.33. The minimum atomic E-state index is -0.484. The molecule has 1 fully saturated rings. The predicted octanol–water partition coefficient (Wildman–Crippen LogP) is 3.12. The van der Waals surface area contributed by atoms with Gasteiger partial charge in [-0.2, -0.15) is 0 Å². The van der Waals surface area contributed by atoms with Crippen LogP contribution in [-0.4, -0.2) is 31.5 Å². The quantitative estimate of drug-likeness (QED) is 0.648. The molecule has 0 spiro atoms. The second kappa shape index (κ2) is 6.55. The van der Waals surface area contributed by atoms with Crippen molar-refractivity contribution in [2.24, 2.45) is 0 Å². The van der Waals surface area contributed by atoms with E-state index in [0.29, 0.717) is 17.8 Å². The SMILES string of the molecule is CN(C)c1ccc([N+](=O)[O-])cc1C(=O)NCC1(c2ccccc2)CC1. The molecule has 1 N–H and O–H groups in total. The van der Waals surface area contributed by atoms with Crippen LogP contribution in [0.2, 0.25) is 0 Å². The van der Waals surface area contributed by atoms with Gasteiger partial charge < -0.3 is 10.2 Å². The molecular formula is C19H21N3O3. The van der Waals surface area contributed by atoms with E-state index in [1.807, 2.05) is 32.3 Å². The number of hydrogen-bond donors (Lipinski definition) is 1. The number of non-ortho nitro benzene ring substituents is 1. The Morgan fingerprint density at radius 1 is 1.20 bits per heavy atom. The lowest BCUT2D eigenvalue weighted by atomic mass is 9.96. The average Bonchev–Trinajstić information content (AvgIpc) is 3.41. The maximum absolute atomic E-state index is 12.7. The zero-order valence-corrected chi connectivity index (χ0v) is 14.4. The van der Waals surface area contributed by atoms with Crippen molar-refractivity contribution in [1.29, 1.82) is 0 Å². The highest BCUT2D eigenvalue weighted by atomic mass is 16.6. The molecule has 0 saturated heterocycles. The molecule has 0 heterocycles. The summed E-state index contributed by atoms with van der Waals surface area (Å²) in [7, 11) is 3.62. The van der Waals surface area contributed by atoms with Gasteiger partial charge in [0.25, 0.3) is 11.6 Å². The number of amides is 1. The van der Waals surface area contributed by atoms with E-state index in [1.54, 1.807) is 11.0 Å². The third-order valence-electron chi connectivity index (χ3n) is 4.74. The van der Waals surface area contributed by atoms with Crippen LogP contribution in [0, 0.1) is 10.1 Å². The van der Waals surface area contributed by atoms with E-state index in [1.165, 1.54) is 17.7 Å². The number of rotatable bonds is 6. The Kier molecular flexibility index (Phi) is 4.44. The van der Waals surface area contributed by atoms with E-state index in [9.17, 15) is 14.9 Å². The summed E-state index contributed by atoms with van der Waals surface area (Å²) in [5, 5.41) is 14.0. The Hall–Kier alpha value is -2.89. The van der Waals surface area contributed by atoms with Crippen LogP contribution >= 0.6 is 0 Å². The van der Waals surface area contributed by atoms with Crippen LogP contribution < -0.4 is 10.2 Å². The van der Waals surface area contributed by atoms with Crippen molar-refractivity contribution < 1.29 is 9.72 Å². The molecule has 1 amide bonds. The topological polar surface area (TPSA) is 75.5 Å². The van der Waals surface area contributed by atoms with E-state index >= 15 is 0 Å². The number of nitrogens with zero attached hydrogens (tertiary/aromatic N) is 2. The highest BCUT2D eigenvalue weighted by molar-refractivity contribution is 6.00. The summed E-state index contributed by atoms with van der Waals surface area (Å²) in [5.41, 5.74) is 2.12. The van der Waals surface area contributed by atoms with Gasteiger partial charge in [-0.1, -0.05) is 30.3 Å². The van der Waals surface area contributed by atoms with Gasteiger partial charge >= 0.3 is 0 Å². The van der Waals surface area contributed by atoms with Gasteiger partial charge in [-0.25, -0.2) is 0 Å². The number of nitrogens with one attached hydrogen (secondary N) is 1. The first-order valence-corrected chi connectivity index (χ1v) is 8.22. The summed E-state index contributed by atoms with van der Waals surface area (Å²) in [6, 6.07) is 14.5. The molecule has 0 aliphatic heterocycles. The molecule has 1 aliphatic rings. The summed E-state index contributed by atoms with van der Waals surface area (Å²) < 4.78 is 0. The Morgan fingerprint density at radius 3 is 2.44 bits per heavy atom. The fourth-order valence-electron chi connectivity index (χ4n) is 3.06. The largest absolute Gasteiger partial charge is 0.377 e. The lowest BCUT2D eigenvalue weighted by molar-refractivity contribution is -0.384. The van der Waals surface area contributed by atoms with Crippen molar-refractivity contribution in [3.05, 3.63) is 69.8 Å². The molecule has 130 valence electrons. The Labute approximate surface area is 146 Å². The minimum absolute atomic E-state index is 0.00405. The smallest absolute Gasteiger partial charge is 0.270 e. The molecule has 2 aromatic carbocycles. The molecule has 2 aromatic rings. The zero-order valence-electron chi connectivity index (χ0n) is 14.4. The number of anilines is 1. The van der Waals surface area contributed by atoms with Gasteiger partial charge in [0.1, 0.15) is 0 Å². The Morgan fingerprint density at radius 2 is 1.88 bits per heavy atom. The molecule has 1 saturated carbocycles. The minimum Gasteiger partial charge on any atom is -0.377 e. The number of carbonyl (C=O) groups excluding carboxylic acids is 1. The van der Waals surface area contributed by atoms with Crippen LogP contribution in [0.5, 0.6) is 0 Å². The molecule has 0 unspecified atom stereocenters. The summed E-state index contributed by atoms with van der Waals surface area (Å²) in [5.74, 6) is -0.283. The zero-order chi connectivity index (χ0) is 18.0. The molecule has 6 nitrogen and oxygen atoms in total. The Balaban J connectivity index is 1.79. The van der Waals surface area contributed by atoms with Crippen LogP contribution in [0.25, 0.3) is 0 Å². The molecule has 6 heteroatoms.